The van der Waals surface area contributed by atoms with Crippen LogP contribution in [0.4, 0.5) is 0 Å². The van der Waals surface area contributed by atoms with Crippen LogP contribution >= 0.6 is 11.8 Å². The van der Waals surface area contributed by atoms with Gasteiger partial charge in [-0.25, -0.2) is 0 Å². The Balaban J connectivity index is 1.98. The summed E-state index contributed by atoms with van der Waals surface area (Å²) in [6, 6.07) is 8.82. The fourth-order valence-corrected chi connectivity index (χ4v) is 3.38. The van der Waals surface area contributed by atoms with E-state index in [0.29, 0.717) is 0 Å². The maximum absolute atomic E-state index is 6.43. The van der Waals surface area contributed by atoms with Crippen molar-refractivity contribution in [3.05, 3.63) is 35.4 Å². The highest BCUT2D eigenvalue weighted by atomic mass is 32.2. The van der Waals surface area contributed by atoms with Gasteiger partial charge in [0.15, 0.2) is 0 Å². The maximum atomic E-state index is 6.43. The van der Waals surface area contributed by atoms with Gasteiger partial charge in [-0.05, 0) is 30.4 Å². The third kappa shape index (κ3) is 1.51. The highest BCUT2D eigenvalue weighted by Gasteiger charge is 2.37. The Labute approximate surface area is 95.4 Å². The van der Waals surface area contributed by atoms with Gasteiger partial charge in [0.25, 0.3) is 0 Å². The molecular formula is C13H17NS. The molecule has 0 radical (unpaired) electrons. The Morgan fingerprint density at radius 3 is 2.47 bits per heavy atom. The van der Waals surface area contributed by atoms with E-state index >= 15 is 0 Å². The molecule has 1 aromatic carbocycles. The Kier molecular flexibility index (Phi) is 2.29. The van der Waals surface area contributed by atoms with Crippen molar-refractivity contribution >= 4 is 11.8 Å². The van der Waals surface area contributed by atoms with Crippen molar-refractivity contribution in [2.24, 2.45) is 5.73 Å². The molecule has 1 nitrogen and oxygen atoms in total. The predicted molar refractivity (Wildman–Crippen MR) is 66.2 cm³/mol. The highest BCUT2D eigenvalue weighted by molar-refractivity contribution is 8.00. The summed E-state index contributed by atoms with van der Waals surface area (Å²) in [5.41, 5.74) is 9.40. The van der Waals surface area contributed by atoms with Crippen LogP contribution in [0, 0.1) is 0 Å². The van der Waals surface area contributed by atoms with Crippen LogP contribution in [0.25, 0.3) is 0 Å². The van der Waals surface area contributed by atoms with Gasteiger partial charge in [-0.3, -0.25) is 0 Å². The summed E-state index contributed by atoms with van der Waals surface area (Å²) in [6.45, 7) is 0. The van der Waals surface area contributed by atoms with E-state index in [9.17, 15) is 0 Å². The van der Waals surface area contributed by atoms with Crippen LogP contribution in [-0.2, 0) is 5.54 Å². The molecule has 0 unspecified atom stereocenters. The molecule has 15 heavy (non-hydrogen) atoms. The molecule has 1 saturated heterocycles. The second-order valence-corrected chi connectivity index (χ2v) is 5.91. The van der Waals surface area contributed by atoms with Crippen LogP contribution in [0.1, 0.15) is 36.3 Å². The first-order valence-electron chi connectivity index (χ1n) is 5.76. The molecule has 0 bridgehead atoms. The zero-order chi connectivity index (χ0) is 10.3. The molecule has 80 valence electrons. The summed E-state index contributed by atoms with van der Waals surface area (Å²) >= 11 is 2.04. The van der Waals surface area contributed by atoms with Crippen LogP contribution in [0.5, 0.6) is 0 Å². The largest absolute Gasteiger partial charge is 0.321 e. The van der Waals surface area contributed by atoms with Gasteiger partial charge in [0, 0.05) is 23.0 Å². The average molecular weight is 219 g/mol. The van der Waals surface area contributed by atoms with Gasteiger partial charge >= 0.3 is 0 Å². The van der Waals surface area contributed by atoms with E-state index in [1.54, 1.807) is 0 Å². The molecule has 1 aliphatic carbocycles. The van der Waals surface area contributed by atoms with E-state index < -0.39 is 0 Å². The molecule has 0 aromatic heterocycles. The summed E-state index contributed by atoms with van der Waals surface area (Å²) in [5, 5.41) is 0. The minimum Gasteiger partial charge on any atom is -0.321 e. The summed E-state index contributed by atoms with van der Waals surface area (Å²) in [4.78, 5) is 0. The lowest BCUT2D eigenvalue weighted by Gasteiger charge is -2.42. The molecule has 0 spiro atoms. The topological polar surface area (TPSA) is 26.0 Å². The lowest BCUT2D eigenvalue weighted by molar-refractivity contribution is 0.251. The van der Waals surface area contributed by atoms with E-state index in [1.807, 2.05) is 11.8 Å². The standard InChI is InChI=1S/C13H17NS/c14-13(6-3-7-13)12-5-2-1-4-11(12)10-8-15-9-10/h1-2,4-5,10H,3,6-9,14H2. The van der Waals surface area contributed by atoms with Crippen LogP contribution in [-0.4, -0.2) is 11.5 Å². The number of benzene rings is 1. The first-order valence-corrected chi connectivity index (χ1v) is 6.91. The SMILES string of the molecule is NC1(c2ccccc2C2CSC2)CCC1. The molecule has 1 aliphatic heterocycles. The summed E-state index contributed by atoms with van der Waals surface area (Å²) in [5.74, 6) is 3.34. The quantitative estimate of drug-likeness (QED) is 0.827. The van der Waals surface area contributed by atoms with Gasteiger partial charge in [0.05, 0.1) is 0 Å². The van der Waals surface area contributed by atoms with Gasteiger partial charge in [0.1, 0.15) is 0 Å². The van der Waals surface area contributed by atoms with E-state index in [1.165, 1.54) is 41.9 Å². The van der Waals surface area contributed by atoms with Gasteiger partial charge in [0.2, 0.25) is 0 Å². The van der Waals surface area contributed by atoms with E-state index in [4.69, 9.17) is 5.73 Å². The molecule has 2 N–H and O–H groups in total. The molecule has 3 rings (SSSR count). The molecule has 0 amide bonds. The van der Waals surface area contributed by atoms with Crippen molar-refractivity contribution in [3.8, 4) is 0 Å². The Hall–Kier alpha value is -0.470. The van der Waals surface area contributed by atoms with Crippen molar-refractivity contribution in [3.63, 3.8) is 0 Å². The monoisotopic (exact) mass is 219 g/mol. The van der Waals surface area contributed by atoms with Crippen LogP contribution in [0.2, 0.25) is 0 Å². The summed E-state index contributed by atoms with van der Waals surface area (Å²) in [7, 11) is 0. The molecule has 1 saturated carbocycles. The van der Waals surface area contributed by atoms with Gasteiger partial charge in [-0.15, -0.1) is 0 Å². The lowest BCUT2D eigenvalue weighted by atomic mass is 9.70. The zero-order valence-corrected chi connectivity index (χ0v) is 9.72. The van der Waals surface area contributed by atoms with E-state index in [-0.39, 0.29) is 5.54 Å². The molecule has 1 heterocycles. The summed E-state index contributed by atoms with van der Waals surface area (Å²) < 4.78 is 0. The van der Waals surface area contributed by atoms with Gasteiger partial charge in [-0.2, -0.15) is 11.8 Å². The first kappa shape index (κ1) is 9.73. The number of rotatable bonds is 2. The molecule has 0 atom stereocenters. The van der Waals surface area contributed by atoms with Crippen molar-refractivity contribution in [1.82, 2.24) is 0 Å². The summed E-state index contributed by atoms with van der Waals surface area (Å²) in [6.07, 6.45) is 3.64. The number of nitrogens with two attached hydrogens (primary N) is 1. The molecule has 1 aromatic rings. The van der Waals surface area contributed by atoms with Crippen LogP contribution in [0.15, 0.2) is 24.3 Å². The molecule has 2 heteroatoms. The van der Waals surface area contributed by atoms with Gasteiger partial charge < -0.3 is 5.73 Å². The lowest BCUT2D eigenvalue weighted by Crippen LogP contribution is -2.44. The molecule has 2 fully saturated rings. The van der Waals surface area contributed by atoms with E-state index in [2.05, 4.69) is 24.3 Å². The second kappa shape index (κ2) is 3.53. The third-order valence-corrected chi connectivity index (χ3v) is 5.10. The van der Waals surface area contributed by atoms with Crippen molar-refractivity contribution < 1.29 is 0 Å². The number of thioether (sulfide) groups is 1. The van der Waals surface area contributed by atoms with Crippen molar-refractivity contribution in [2.45, 2.75) is 30.7 Å². The van der Waals surface area contributed by atoms with Crippen molar-refractivity contribution in [2.75, 3.05) is 11.5 Å². The Morgan fingerprint density at radius 1 is 1.20 bits per heavy atom. The Bertz CT molecular complexity index is 367. The number of hydrogen-bond acceptors (Lipinski definition) is 2. The fraction of sp³-hybridized carbons (Fsp3) is 0.538. The maximum Gasteiger partial charge on any atom is 0.0412 e. The third-order valence-electron chi connectivity index (χ3n) is 3.82. The fourth-order valence-electron chi connectivity index (χ4n) is 2.55. The van der Waals surface area contributed by atoms with Gasteiger partial charge in [-0.1, -0.05) is 24.3 Å². The normalized spacial score (nSPS) is 24.3. The Morgan fingerprint density at radius 2 is 1.93 bits per heavy atom. The second-order valence-electron chi connectivity index (χ2n) is 4.83. The van der Waals surface area contributed by atoms with Crippen LogP contribution in [0.3, 0.4) is 0 Å². The van der Waals surface area contributed by atoms with Crippen LogP contribution < -0.4 is 5.73 Å². The minimum atomic E-state index is 0.0108. The number of hydrogen-bond donors (Lipinski definition) is 1. The van der Waals surface area contributed by atoms with Crippen molar-refractivity contribution in [1.29, 1.82) is 0 Å². The smallest absolute Gasteiger partial charge is 0.0412 e. The molecule has 2 aliphatic rings. The molecular weight excluding hydrogens is 202 g/mol. The highest BCUT2D eigenvalue weighted by Crippen LogP contribution is 2.44. The minimum absolute atomic E-state index is 0.0108. The predicted octanol–water partition coefficient (Wildman–Crippen LogP) is 2.85. The average Bonchev–Trinajstić information content (AvgIpc) is 2.13. The first-order chi connectivity index (χ1) is 7.30. The van der Waals surface area contributed by atoms with E-state index in [0.717, 1.165) is 5.92 Å². The zero-order valence-electron chi connectivity index (χ0n) is 8.91.